The highest BCUT2D eigenvalue weighted by molar-refractivity contribution is 7.08. The quantitative estimate of drug-likeness (QED) is 0.806. The zero-order chi connectivity index (χ0) is 19.2. The summed E-state index contributed by atoms with van der Waals surface area (Å²) in [4.78, 5) is 28.9. The van der Waals surface area contributed by atoms with Crippen LogP contribution in [0.3, 0.4) is 0 Å². The summed E-state index contributed by atoms with van der Waals surface area (Å²) in [5.74, 6) is -0.101. The van der Waals surface area contributed by atoms with Crippen LogP contribution >= 0.6 is 11.5 Å². The van der Waals surface area contributed by atoms with Gasteiger partial charge in [0.25, 0.3) is 5.91 Å². The molecule has 9 heteroatoms. The Balaban J connectivity index is 1.69. The molecule has 1 fully saturated rings. The van der Waals surface area contributed by atoms with Gasteiger partial charge in [-0.05, 0) is 38.7 Å². The maximum absolute atomic E-state index is 12.2. The molecule has 8 nitrogen and oxygen atoms in total. The normalized spacial score (nSPS) is 15.8. The molecule has 146 valence electrons. The minimum Gasteiger partial charge on any atom is -0.444 e. The summed E-state index contributed by atoms with van der Waals surface area (Å²) in [6.07, 6.45) is 1.45. The number of piperazine rings is 1. The summed E-state index contributed by atoms with van der Waals surface area (Å²) in [6, 6.07) is 0. The number of amides is 2. The number of ether oxygens (including phenoxy) is 1. The predicted octanol–water partition coefficient (Wildman–Crippen LogP) is 1.77. The van der Waals surface area contributed by atoms with E-state index in [-0.39, 0.29) is 12.0 Å². The minimum absolute atomic E-state index is 0.101. The average molecular weight is 384 g/mol. The molecule has 1 aromatic heterocycles. The van der Waals surface area contributed by atoms with Crippen LogP contribution in [-0.2, 0) is 11.2 Å². The lowest BCUT2D eigenvalue weighted by Gasteiger charge is -2.35. The Hall–Kier alpha value is -1.74. The molecule has 0 atom stereocenters. The molecule has 0 saturated carbocycles. The largest absolute Gasteiger partial charge is 0.444 e. The molecule has 0 unspecified atom stereocenters. The molecule has 1 aliphatic heterocycles. The summed E-state index contributed by atoms with van der Waals surface area (Å²) in [5.41, 5.74) is 0.307. The van der Waals surface area contributed by atoms with Crippen molar-refractivity contribution in [2.45, 2.75) is 46.1 Å². The van der Waals surface area contributed by atoms with Crippen LogP contribution < -0.4 is 5.32 Å². The summed E-state index contributed by atoms with van der Waals surface area (Å²) >= 11 is 1.15. The topological polar surface area (TPSA) is 87.7 Å². The lowest BCUT2D eigenvalue weighted by atomic mass is 10.2. The molecule has 2 heterocycles. The van der Waals surface area contributed by atoms with E-state index in [1.807, 2.05) is 20.8 Å². The van der Waals surface area contributed by atoms with E-state index in [4.69, 9.17) is 4.74 Å². The number of hydrogen-bond donors (Lipinski definition) is 1. The lowest BCUT2D eigenvalue weighted by Crippen LogP contribution is -2.51. The first-order chi connectivity index (χ1) is 12.3. The Labute approximate surface area is 159 Å². The number of hydrogen-bond acceptors (Lipinski definition) is 7. The highest BCUT2D eigenvalue weighted by Gasteiger charge is 2.25. The third-order valence-electron chi connectivity index (χ3n) is 3.99. The summed E-state index contributed by atoms with van der Waals surface area (Å²) < 4.78 is 9.28. The van der Waals surface area contributed by atoms with Crippen molar-refractivity contribution in [2.24, 2.45) is 0 Å². The van der Waals surface area contributed by atoms with Crippen molar-refractivity contribution in [2.75, 3.05) is 39.3 Å². The van der Waals surface area contributed by atoms with E-state index >= 15 is 0 Å². The molecule has 1 saturated heterocycles. The fraction of sp³-hybridized carbons (Fsp3) is 0.765. The van der Waals surface area contributed by atoms with Crippen molar-refractivity contribution in [3.8, 4) is 0 Å². The van der Waals surface area contributed by atoms with Gasteiger partial charge >= 0.3 is 6.09 Å². The lowest BCUT2D eigenvalue weighted by molar-refractivity contribution is 0.0147. The highest BCUT2D eigenvalue weighted by atomic mass is 32.1. The van der Waals surface area contributed by atoms with Gasteiger partial charge in [-0.1, -0.05) is 17.8 Å². The van der Waals surface area contributed by atoms with Crippen LogP contribution in [0.2, 0.25) is 0 Å². The zero-order valence-corrected chi connectivity index (χ0v) is 16.9. The van der Waals surface area contributed by atoms with Crippen LogP contribution in [-0.4, -0.2) is 76.3 Å². The second-order valence-corrected chi connectivity index (χ2v) is 8.12. The van der Waals surface area contributed by atoms with Gasteiger partial charge in [-0.15, -0.1) is 5.10 Å². The number of nitrogens with one attached hydrogen (secondary N) is 1. The third-order valence-corrected chi connectivity index (χ3v) is 4.75. The van der Waals surface area contributed by atoms with Crippen LogP contribution in [0.5, 0.6) is 0 Å². The van der Waals surface area contributed by atoms with E-state index in [9.17, 15) is 9.59 Å². The van der Waals surface area contributed by atoms with E-state index in [1.54, 1.807) is 4.90 Å². The Morgan fingerprint density at radius 1 is 1.23 bits per heavy atom. The van der Waals surface area contributed by atoms with Gasteiger partial charge in [0.05, 0.1) is 5.69 Å². The highest BCUT2D eigenvalue weighted by Crippen LogP contribution is 2.13. The van der Waals surface area contributed by atoms with Crippen LogP contribution in [0.4, 0.5) is 4.79 Å². The number of nitrogens with zero attached hydrogens (tertiary/aromatic N) is 4. The van der Waals surface area contributed by atoms with Gasteiger partial charge in [0.1, 0.15) is 10.5 Å². The van der Waals surface area contributed by atoms with E-state index in [0.29, 0.717) is 24.5 Å². The molecule has 1 aromatic rings. The van der Waals surface area contributed by atoms with Gasteiger partial charge < -0.3 is 15.0 Å². The molecule has 1 N–H and O–H groups in total. The number of rotatable bonds is 6. The third kappa shape index (κ3) is 6.21. The van der Waals surface area contributed by atoms with Gasteiger partial charge in [0.2, 0.25) is 0 Å². The second kappa shape index (κ2) is 9.27. The molecule has 2 amide bonds. The van der Waals surface area contributed by atoms with E-state index in [2.05, 4.69) is 26.7 Å². The Kier molecular flexibility index (Phi) is 7.33. The van der Waals surface area contributed by atoms with Gasteiger partial charge in [-0.3, -0.25) is 9.69 Å². The first-order valence-electron chi connectivity index (χ1n) is 9.10. The monoisotopic (exact) mass is 383 g/mol. The average Bonchev–Trinajstić information content (AvgIpc) is 3.02. The number of carbonyl (C=O) groups is 2. The first-order valence-corrected chi connectivity index (χ1v) is 9.87. The molecule has 0 radical (unpaired) electrons. The standard InChI is InChI=1S/C17H29N5O3S/c1-5-6-13-14(26-20-19-13)15(23)18-7-8-21-9-11-22(12-10-21)16(24)25-17(2,3)4/h5-12H2,1-4H3,(H,18,23). The Bertz CT molecular complexity index is 606. The second-order valence-electron chi connectivity index (χ2n) is 7.36. The molecular formula is C17H29N5O3S. The Morgan fingerprint density at radius 2 is 1.92 bits per heavy atom. The minimum atomic E-state index is -0.472. The van der Waals surface area contributed by atoms with Gasteiger partial charge in [-0.2, -0.15) is 0 Å². The SMILES string of the molecule is CCCc1nnsc1C(=O)NCCN1CCN(C(=O)OC(C)(C)C)CC1. The van der Waals surface area contributed by atoms with E-state index in [0.717, 1.165) is 49.7 Å². The van der Waals surface area contributed by atoms with Crippen LogP contribution in [0.15, 0.2) is 0 Å². The van der Waals surface area contributed by atoms with Crippen LogP contribution in [0.1, 0.15) is 49.5 Å². The first kappa shape index (κ1) is 20.6. The van der Waals surface area contributed by atoms with Crippen molar-refractivity contribution < 1.29 is 14.3 Å². The molecule has 26 heavy (non-hydrogen) atoms. The smallest absolute Gasteiger partial charge is 0.410 e. The molecule has 0 spiro atoms. The number of aryl methyl sites for hydroxylation is 1. The fourth-order valence-electron chi connectivity index (χ4n) is 2.67. The number of carbonyl (C=O) groups excluding carboxylic acids is 2. The zero-order valence-electron chi connectivity index (χ0n) is 16.1. The van der Waals surface area contributed by atoms with E-state index < -0.39 is 5.60 Å². The predicted molar refractivity (Wildman–Crippen MR) is 100 cm³/mol. The van der Waals surface area contributed by atoms with Gasteiger partial charge in [0, 0.05) is 39.3 Å². The fourth-order valence-corrected chi connectivity index (χ4v) is 3.29. The van der Waals surface area contributed by atoms with Crippen LogP contribution in [0, 0.1) is 0 Å². The maximum atomic E-state index is 12.2. The number of aromatic nitrogens is 2. The van der Waals surface area contributed by atoms with Gasteiger partial charge in [-0.25, -0.2) is 4.79 Å². The molecule has 0 bridgehead atoms. The summed E-state index contributed by atoms with van der Waals surface area (Å²) in [7, 11) is 0. The van der Waals surface area contributed by atoms with Crippen molar-refractivity contribution in [1.29, 1.82) is 0 Å². The van der Waals surface area contributed by atoms with Crippen molar-refractivity contribution >= 4 is 23.5 Å². The molecule has 1 aliphatic rings. The van der Waals surface area contributed by atoms with Crippen molar-refractivity contribution in [3.63, 3.8) is 0 Å². The summed E-state index contributed by atoms with van der Waals surface area (Å²) in [6.45, 7) is 11.8. The molecule has 2 rings (SSSR count). The summed E-state index contributed by atoms with van der Waals surface area (Å²) in [5, 5.41) is 6.96. The van der Waals surface area contributed by atoms with Crippen molar-refractivity contribution in [1.82, 2.24) is 24.7 Å². The molecular weight excluding hydrogens is 354 g/mol. The Morgan fingerprint density at radius 3 is 2.54 bits per heavy atom. The maximum Gasteiger partial charge on any atom is 0.410 e. The van der Waals surface area contributed by atoms with Gasteiger partial charge in [0.15, 0.2) is 0 Å². The van der Waals surface area contributed by atoms with E-state index in [1.165, 1.54) is 0 Å². The van der Waals surface area contributed by atoms with Crippen LogP contribution in [0.25, 0.3) is 0 Å². The van der Waals surface area contributed by atoms with Crippen molar-refractivity contribution in [3.05, 3.63) is 10.6 Å². The molecule has 0 aliphatic carbocycles. The molecule has 0 aromatic carbocycles.